The first-order valence-corrected chi connectivity index (χ1v) is 12.4. The number of carbonyl (C=O) groups is 3. The van der Waals surface area contributed by atoms with E-state index in [9.17, 15) is 14.4 Å². The minimum absolute atomic E-state index is 0.0234. The summed E-state index contributed by atoms with van der Waals surface area (Å²) in [5.74, 6) is -1.52. The lowest BCUT2D eigenvalue weighted by molar-refractivity contribution is -0.146. The van der Waals surface area contributed by atoms with Crippen LogP contribution < -0.4 is 0 Å². The van der Waals surface area contributed by atoms with Gasteiger partial charge in [-0.15, -0.1) is 0 Å². The van der Waals surface area contributed by atoms with Gasteiger partial charge < -0.3 is 19.0 Å². The molecule has 8 nitrogen and oxygen atoms in total. The highest BCUT2D eigenvalue weighted by Crippen LogP contribution is 2.27. The molecule has 1 saturated heterocycles. The van der Waals surface area contributed by atoms with Crippen molar-refractivity contribution < 1.29 is 33.4 Å². The second kappa shape index (κ2) is 14.4. The Balaban J connectivity index is 0.000000224. The maximum Gasteiger partial charge on any atom is 0.360 e. The number of hydrogen-bond donors (Lipinski definition) is 0. The Morgan fingerprint density at radius 1 is 0.974 bits per heavy atom. The SMILES string of the molecule is C=C(C)C(=O)ON=Cc1c2ccccc2cc2ccccc12.C=CC(=O)OCCOC(=O)C(=C)CCC1CO1. The first-order valence-electron chi connectivity index (χ1n) is 12.4. The largest absolute Gasteiger partial charge is 0.459 e. The predicted molar refractivity (Wildman–Crippen MR) is 150 cm³/mol. The molecule has 0 amide bonds. The molecule has 1 aliphatic rings. The fourth-order valence-electron chi connectivity index (χ4n) is 3.50. The molecule has 39 heavy (non-hydrogen) atoms. The molecule has 0 radical (unpaired) electrons. The van der Waals surface area contributed by atoms with E-state index in [1.54, 1.807) is 13.1 Å². The monoisotopic (exact) mass is 529 g/mol. The van der Waals surface area contributed by atoms with E-state index in [2.05, 4.69) is 47.8 Å². The van der Waals surface area contributed by atoms with Gasteiger partial charge in [0.1, 0.15) is 13.2 Å². The van der Waals surface area contributed by atoms with Gasteiger partial charge >= 0.3 is 17.9 Å². The molecule has 0 aromatic heterocycles. The van der Waals surface area contributed by atoms with Gasteiger partial charge in [-0.25, -0.2) is 14.4 Å². The zero-order valence-electron chi connectivity index (χ0n) is 21.9. The number of oxime groups is 1. The van der Waals surface area contributed by atoms with Crippen LogP contribution in [0.15, 0.2) is 96.7 Å². The molecule has 0 spiro atoms. The van der Waals surface area contributed by atoms with E-state index < -0.39 is 17.9 Å². The van der Waals surface area contributed by atoms with Crippen molar-refractivity contribution in [3.8, 4) is 0 Å². The Kier molecular flexibility index (Phi) is 10.7. The minimum atomic E-state index is -0.536. The van der Waals surface area contributed by atoms with Crippen LogP contribution >= 0.6 is 0 Å². The molecular weight excluding hydrogens is 498 g/mol. The Labute approximate surface area is 227 Å². The van der Waals surface area contributed by atoms with Crippen molar-refractivity contribution in [1.82, 2.24) is 0 Å². The van der Waals surface area contributed by atoms with Crippen LogP contribution in [0.3, 0.4) is 0 Å². The maximum absolute atomic E-state index is 11.4. The second-order valence-corrected chi connectivity index (χ2v) is 8.73. The summed E-state index contributed by atoms with van der Waals surface area (Å²) in [5.41, 5.74) is 1.67. The average Bonchev–Trinajstić information content (AvgIpc) is 3.78. The summed E-state index contributed by atoms with van der Waals surface area (Å²) in [5, 5.41) is 8.20. The van der Waals surface area contributed by atoms with E-state index in [0.717, 1.165) is 46.2 Å². The minimum Gasteiger partial charge on any atom is -0.459 e. The normalized spacial score (nSPS) is 13.7. The summed E-state index contributed by atoms with van der Waals surface area (Å²) in [7, 11) is 0. The number of benzene rings is 3. The van der Waals surface area contributed by atoms with Crippen molar-refractivity contribution in [2.24, 2.45) is 5.16 Å². The fraction of sp³-hybridized carbons (Fsp3) is 0.226. The van der Waals surface area contributed by atoms with Gasteiger partial charge in [-0.2, -0.15) is 0 Å². The van der Waals surface area contributed by atoms with Crippen molar-refractivity contribution in [3.05, 3.63) is 97.1 Å². The van der Waals surface area contributed by atoms with Crippen LogP contribution in [0.25, 0.3) is 21.5 Å². The van der Waals surface area contributed by atoms with Crippen LogP contribution in [0.2, 0.25) is 0 Å². The highest BCUT2D eigenvalue weighted by molar-refractivity contribution is 6.13. The number of hydrogen-bond acceptors (Lipinski definition) is 8. The Bertz CT molecular complexity index is 1360. The molecule has 1 heterocycles. The first kappa shape index (κ1) is 29.0. The van der Waals surface area contributed by atoms with Gasteiger partial charge in [0.05, 0.1) is 18.9 Å². The number of carbonyl (C=O) groups excluding carboxylic acids is 3. The molecule has 1 atom stereocenters. The molecule has 4 rings (SSSR count). The van der Waals surface area contributed by atoms with Gasteiger partial charge in [-0.1, -0.05) is 73.4 Å². The predicted octanol–water partition coefficient (Wildman–Crippen LogP) is 5.44. The molecule has 1 aliphatic heterocycles. The lowest BCUT2D eigenvalue weighted by Gasteiger charge is -2.07. The lowest BCUT2D eigenvalue weighted by Crippen LogP contribution is -2.14. The number of fused-ring (bicyclic) bond motifs is 2. The van der Waals surface area contributed by atoms with Crippen molar-refractivity contribution in [2.45, 2.75) is 25.9 Å². The smallest absolute Gasteiger partial charge is 0.360 e. The van der Waals surface area contributed by atoms with E-state index >= 15 is 0 Å². The van der Waals surface area contributed by atoms with Gasteiger partial charge in [0.15, 0.2) is 0 Å². The van der Waals surface area contributed by atoms with E-state index in [-0.39, 0.29) is 19.3 Å². The first-order chi connectivity index (χ1) is 18.8. The molecule has 1 unspecified atom stereocenters. The molecule has 8 heteroatoms. The quantitative estimate of drug-likeness (QED) is 0.0476. The highest BCUT2D eigenvalue weighted by Gasteiger charge is 2.23. The van der Waals surface area contributed by atoms with E-state index in [0.29, 0.717) is 17.6 Å². The van der Waals surface area contributed by atoms with Crippen molar-refractivity contribution in [1.29, 1.82) is 0 Å². The molecule has 0 aliphatic carbocycles. The Hall–Kier alpha value is -4.56. The van der Waals surface area contributed by atoms with Crippen molar-refractivity contribution in [3.63, 3.8) is 0 Å². The topological polar surface area (TPSA) is 104 Å². The number of epoxide rings is 1. The molecule has 3 aromatic rings. The molecule has 202 valence electrons. The van der Waals surface area contributed by atoms with Crippen molar-refractivity contribution >= 4 is 45.7 Å². The van der Waals surface area contributed by atoms with Crippen LogP contribution in [0.5, 0.6) is 0 Å². The fourth-order valence-corrected chi connectivity index (χ4v) is 3.50. The van der Waals surface area contributed by atoms with Crippen LogP contribution in [0.4, 0.5) is 0 Å². The third kappa shape index (κ3) is 9.05. The van der Waals surface area contributed by atoms with Crippen LogP contribution in [-0.2, 0) is 33.4 Å². The maximum atomic E-state index is 11.4. The third-order valence-corrected chi connectivity index (χ3v) is 5.67. The van der Waals surface area contributed by atoms with Gasteiger partial charge in [0.2, 0.25) is 0 Å². The van der Waals surface area contributed by atoms with Crippen LogP contribution in [0.1, 0.15) is 25.3 Å². The second-order valence-electron chi connectivity index (χ2n) is 8.73. The Morgan fingerprint density at radius 3 is 2.13 bits per heavy atom. The number of nitrogens with zero attached hydrogens (tertiary/aromatic N) is 1. The average molecular weight is 530 g/mol. The van der Waals surface area contributed by atoms with Crippen LogP contribution in [-0.4, -0.2) is 50.0 Å². The van der Waals surface area contributed by atoms with Gasteiger partial charge in [-0.05, 0) is 47.4 Å². The number of ether oxygens (including phenoxy) is 3. The van der Waals surface area contributed by atoms with Gasteiger partial charge in [0.25, 0.3) is 0 Å². The standard InChI is InChI=1S/C19H15NO2.C12H16O5/c1-13(2)19(21)22-20-12-18-16-9-5-3-7-14(16)11-15-8-4-6-10-17(15)18;1-3-11(13)15-6-7-16-12(14)9(2)4-5-10-8-17-10/h3-12H,1H2,2H3;3,10H,1-2,4-8H2. The zero-order valence-corrected chi connectivity index (χ0v) is 21.9. The molecule has 1 fully saturated rings. The molecule has 0 bridgehead atoms. The molecule has 0 saturated carbocycles. The highest BCUT2D eigenvalue weighted by atomic mass is 16.7. The molecular formula is C31H31NO7. The molecule has 0 N–H and O–H groups in total. The van der Waals surface area contributed by atoms with Gasteiger partial charge in [-0.3, -0.25) is 0 Å². The summed E-state index contributed by atoms with van der Waals surface area (Å²) in [6.45, 7) is 12.8. The third-order valence-electron chi connectivity index (χ3n) is 5.67. The summed E-state index contributed by atoms with van der Waals surface area (Å²) in [6, 6.07) is 18.3. The number of rotatable bonds is 11. The molecule has 3 aromatic carbocycles. The van der Waals surface area contributed by atoms with E-state index in [1.165, 1.54) is 0 Å². The van der Waals surface area contributed by atoms with Gasteiger partial charge in [0, 0.05) is 22.8 Å². The zero-order chi connectivity index (χ0) is 28.2. The number of esters is 2. The van der Waals surface area contributed by atoms with Crippen molar-refractivity contribution in [2.75, 3.05) is 19.8 Å². The summed E-state index contributed by atoms with van der Waals surface area (Å²) in [6.07, 6.45) is 4.27. The van der Waals surface area contributed by atoms with E-state index in [1.807, 2.05) is 36.4 Å². The summed E-state index contributed by atoms with van der Waals surface area (Å²) in [4.78, 5) is 38.3. The lowest BCUT2D eigenvalue weighted by atomic mass is 9.97. The van der Waals surface area contributed by atoms with E-state index in [4.69, 9.17) is 14.3 Å². The van der Waals surface area contributed by atoms with Crippen LogP contribution in [0, 0.1) is 0 Å². The summed E-state index contributed by atoms with van der Waals surface area (Å²) >= 11 is 0. The summed E-state index contributed by atoms with van der Waals surface area (Å²) < 4.78 is 14.5. The Morgan fingerprint density at radius 2 is 1.56 bits per heavy atom.